The van der Waals surface area contributed by atoms with E-state index in [1.807, 2.05) is 67.6 Å². The van der Waals surface area contributed by atoms with Gasteiger partial charge in [0.2, 0.25) is 11.8 Å². The van der Waals surface area contributed by atoms with E-state index in [1.165, 1.54) is 0 Å². The van der Waals surface area contributed by atoms with Crippen LogP contribution in [0.2, 0.25) is 5.02 Å². The Morgan fingerprint density at radius 1 is 0.931 bits per heavy atom. The number of amides is 1. The van der Waals surface area contributed by atoms with Crippen molar-refractivity contribution in [1.82, 2.24) is 15.5 Å². The van der Waals surface area contributed by atoms with Crippen LogP contribution in [-0.2, 0) is 0 Å². The molecule has 4 aromatic rings. The van der Waals surface area contributed by atoms with Crippen LogP contribution in [0, 0.1) is 6.92 Å². The number of hydrogen-bond acceptors (Lipinski definition) is 4. The van der Waals surface area contributed by atoms with Crippen LogP contribution in [0.4, 0.5) is 0 Å². The smallest absolute Gasteiger partial charge is 0.252 e. The van der Waals surface area contributed by atoms with E-state index < -0.39 is 6.04 Å². The lowest BCUT2D eigenvalue weighted by Gasteiger charge is -2.17. The summed E-state index contributed by atoms with van der Waals surface area (Å²) in [6.45, 7) is 1.97. The first-order valence-electron chi connectivity index (χ1n) is 9.12. The summed E-state index contributed by atoms with van der Waals surface area (Å²) in [6.07, 6.45) is 0. The first-order valence-corrected chi connectivity index (χ1v) is 9.50. The van der Waals surface area contributed by atoms with Gasteiger partial charge in [0.1, 0.15) is 6.04 Å². The van der Waals surface area contributed by atoms with Gasteiger partial charge in [0, 0.05) is 21.7 Å². The van der Waals surface area contributed by atoms with Gasteiger partial charge in [0.15, 0.2) is 0 Å². The normalized spacial score (nSPS) is 11.8. The summed E-state index contributed by atoms with van der Waals surface area (Å²) in [7, 11) is 0. The number of halogens is 1. The lowest BCUT2D eigenvalue weighted by molar-refractivity contribution is 0.0938. The van der Waals surface area contributed by atoms with E-state index in [0.29, 0.717) is 22.0 Å². The molecule has 1 amide bonds. The number of nitrogens with one attached hydrogen (secondary N) is 1. The van der Waals surface area contributed by atoms with E-state index in [0.717, 1.165) is 11.1 Å². The number of aryl methyl sites for hydroxylation is 1. The van der Waals surface area contributed by atoms with Crippen molar-refractivity contribution in [3.63, 3.8) is 0 Å². The van der Waals surface area contributed by atoms with E-state index in [1.54, 1.807) is 18.2 Å². The second-order valence-electron chi connectivity index (χ2n) is 6.61. The number of carbonyl (C=O) groups excluding carboxylic acids is 1. The van der Waals surface area contributed by atoms with Crippen molar-refractivity contribution < 1.29 is 9.21 Å². The molecule has 4 rings (SSSR count). The summed E-state index contributed by atoms with van der Waals surface area (Å²) < 4.78 is 5.90. The van der Waals surface area contributed by atoms with Gasteiger partial charge in [-0.1, -0.05) is 65.7 Å². The molecule has 1 heterocycles. The van der Waals surface area contributed by atoms with Crippen LogP contribution in [0.1, 0.15) is 33.4 Å². The van der Waals surface area contributed by atoms with Crippen molar-refractivity contribution >= 4 is 17.5 Å². The van der Waals surface area contributed by atoms with Crippen molar-refractivity contribution in [2.24, 2.45) is 0 Å². The Labute approximate surface area is 173 Å². The predicted molar refractivity (Wildman–Crippen MR) is 112 cm³/mol. The highest BCUT2D eigenvalue weighted by atomic mass is 35.5. The van der Waals surface area contributed by atoms with Crippen molar-refractivity contribution in [2.75, 3.05) is 0 Å². The Kier molecular flexibility index (Phi) is 5.40. The lowest BCUT2D eigenvalue weighted by Crippen LogP contribution is -2.29. The van der Waals surface area contributed by atoms with Gasteiger partial charge >= 0.3 is 0 Å². The van der Waals surface area contributed by atoms with Crippen LogP contribution in [0.25, 0.3) is 11.5 Å². The Morgan fingerprint density at radius 2 is 1.62 bits per heavy atom. The Bertz CT molecular complexity index is 1120. The second kappa shape index (κ2) is 8.29. The molecule has 29 heavy (non-hydrogen) atoms. The maximum Gasteiger partial charge on any atom is 0.252 e. The van der Waals surface area contributed by atoms with Gasteiger partial charge in [-0.15, -0.1) is 10.2 Å². The molecule has 0 saturated heterocycles. The second-order valence-corrected chi connectivity index (χ2v) is 7.01. The molecule has 1 N–H and O–H groups in total. The number of rotatable bonds is 5. The van der Waals surface area contributed by atoms with Crippen LogP contribution < -0.4 is 5.32 Å². The maximum absolute atomic E-state index is 12.9. The third-order valence-electron chi connectivity index (χ3n) is 4.51. The largest absolute Gasteiger partial charge is 0.418 e. The van der Waals surface area contributed by atoms with Gasteiger partial charge in [0.25, 0.3) is 5.91 Å². The van der Waals surface area contributed by atoms with E-state index in [-0.39, 0.29) is 11.8 Å². The molecule has 0 aliphatic carbocycles. The quantitative estimate of drug-likeness (QED) is 0.496. The summed E-state index contributed by atoms with van der Waals surface area (Å²) in [5, 5.41) is 11.8. The van der Waals surface area contributed by atoms with Gasteiger partial charge < -0.3 is 9.73 Å². The third-order valence-corrected chi connectivity index (χ3v) is 4.86. The average molecular weight is 404 g/mol. The number of hydrogen-bond donors (Lipinski definition) is 1. The highest BCUT2D eigenvalue weighted by Gasteiger charge is 2.25. The number of aromatic nitrogens is 2. The highest BCUT2D eigenvalue weighted by Crippen LogP contribution is 2.29. The summed E-state index contributed by atoms with van der Waals surface area (Å²) in [5.74, 6) is 0.383. The Morgan fingerprint density at radius 3 is 2.34 bits per heavy atom. The molecule has 6 heteroatoms. The molecule has 0 aliphatic rings. The molecule has 0 spiro atoms. The van der Waals surface area contributed by atoms with Crippen LogP contribution in [0.15, 0.2) is 83.3 Å². The standard InChI is InChI=1S/C23H18ClN3O2/c1-15-11-13-16(14-12-15)21(28)25-20(18-9-5-6-10-19(18)24)23-27-26-22(29-23)17-7-3-2-4-8-17/h2-14,20H,1H3,(H,25,28)/t20-/m0/s1. The number of nitrogens with zero attached hydrogens (tertiary/aromatic N) is 2. The van der Waals surface area contributed by atoms with Crippen LogP contribution in [0.3, 0.4) is 0 Å². The summed E-state index contributed by atoms with van der Waals surface area (Å²) >= 11 is 6.40. The fourth-order valence-corrected chi connectivity index (χ4v) is 3.19. The summed E-state index contributed by atoms with van der Waals surface area (Å²) in [6, 6.07) is 23.4. The molecule has 0 saturated carbocycles. The van der Waals surface area contributed by atoms with Crippen molar-refractivity contribution in [2.45, 2.75) is 13.0 Å². The summed E-state index contributed by atoms with van der Waals surface area (Å²) in [4.78, 5) is 12.9. The first-order chi connectivity index (χ1) is 14.1. The van der Waals surface area contributed by atoms with E-state index in [9.17, 15) is 4.79 Å². The van der Waals surface area contributed by atoms with Gasteiger partial charge in [0.05, 0.1) is 0 Å². The molecule has 1 aromatic heterocycles. The maximum atomic E-state index is 12.9. The molecular formula is C23H18ClN3O2. The van der Waals surface area contributed by atoms with Gasteiger partial charge in [-0.25, -0.2) is 0 Å². The summed E-state index contributed by atoms with van der Waals surface area (Å²) in [5.41, 5.74) is 3.09. The Balaban J connectivity index is 1.70. The zero-order valence-corrected chi connectivity index (χ0v) is 16.4. The fourth-order valence-electron chi connectivity index (χ4n) is 2.95. The minimum Gasteiger partial charge on any atom is -0.418 e. The zero-order chi connectivity index (χ0) is 20.2. The Hall–Kier alpha value is -3.44. The average Bonchev–Trinajstić information content (AvgIpc) is 3.24. The molecule has 0 bridgehead atoms. The van der Waals surface area contributed by atoms with Gasteiger partial charge in [-0.2, -0.15) is 0 Å². The molecule has 0 radical (unpaired) electrons. The van der Waals surface area contributed by atoms with Crippen LogP contribution in [-0.4, -0.2) is 16.1 Å². The van der Waals surface area contributed by atoms with Crippen molar-refractivity contribution in [3.05, 3.63) is 106 Å². The van der Waals surface area contributed by atoms with Gasteiger partial charge in [-0.3, -0.25) is 4.79 Å². The molecule has 0 aliphatic heterocycles. The lowest BCUT2D eigenvalue weighted by atomic mass is 10.1. The molecule has 5 nitrogen and oxygen atoms in total. The van der Waals surface area contributed by atoms with E-state index in [2.05, 4.69) is 15.5 Å². The van der Waals surface area contributed by atoms with Gasteiger partial charge in [-0.05, 0) is 37.3 Å². The molecule has 1 atom stereocenters. The monoisotopic (exact) mass is 403 g/mol. The first kappa shape index (κ1) is 18.9. The topological polar surface area (TPSA) is 68.0 Å². The fraction of sp³-hybridized carbons (Fsp3) is 0.0870. The molecule has 0 fully saturated rings. The van der Waals surface area contributed by atoms with E-state index >= 15 is 0 Å². The third kappa shape index (κ3) is 4.20. The minimum absolute atomic E-state index is 0.255. The van der Waals surface area contributed by atoms with Crippen LogP contribution in [0.5, 0.6) is 0 Å². The van der Waals surface area contributed by atoms with Crippen molar-refractivity contribution in [1.29, 1.82) is 0 Å². The molecular weight excluding hydrogens is 386 g/mol. The van der Waals surface area contributed by atoms with Crippen molar-refractivity contribution in [3.8, 4) is 11.5 Å². The highest BCUT2D eigenvalue weighted by molar-refractivity contribution is 6.31. The molecule has 3 aromatic carbocycles. The predicted octanol–water partition coefficient (Wildman–Crippen LogP) is 5.22. The van der Waals surface area contributed by atoms with E-state index in [4.69, 9.17) is 16.0 Å². The minimum atomic E-state index is -0.678. The SMILES string of the molecule is Cc1ccc(C(=O)N[C@H](c2nnc(-c3ccccc3)o2)c2ccccc2Cl)cc1. The van der Waals surface area contributed by atoms with Crippen LogP contribution >= 0.6 is 11.6 Å². The number of carbonyl (C=O) groups is 1. The molecule has 144 valence electrons. The molecule has 0 unspecified atom stereocenters. The number of benzene rings is 3. The zero-order valence-electron chi connectivity index (χ0n) is 15.7.